The van der Waals surface area contributed by atoms with Crippen molar-refractivity contribution in [2.45, 2.75) is 12.6 Å². The summed E-state index contributed by atoms with van der Waals surface area (Å²) < 4.78 is 10.4. The molecule has 3 aromatic rings. The van der Waals surface area contributed by atoms with E-state index in [9.17, 15) is 9.90 Å². The van der Waals surface area contributed by atoms with E-state index in [1.54, 1.807) is 13.2 Å². The summed E-state index contributed by atoms with van der Waals surface area (Å²) >= 11 is 0. The minimum Gasteiger partial charge on any atom is -0.497 e. The van der Waals surface area contributed by atoms with Crippen LogP contribution in [0.1, 0.15) is 17.2 Å². The van der Waals surface area contributed by atoms with E-state index >= 15 is 0 Å². The van der Waals surface area contributed by atoms with Gasteiger partial charge in [-0.05, 0) is 17.7 Å². The number of rotatable bonds is 6. The van der Waals surface area contributed by atoms with Crippen molar-refractivity contribution in [2.24, 2.45) is 0 Å². The van der Waals surface area contributed by atoms with Crippen LogP contribution < -0.4 is 15.7 Å². The van der Waals surface area contributed by atoms with Crippen molar-refractivity contribution in [3.63, 3.8) is 0 Å². The van der Waals surface area contributed by atoms with Crippen molar-refractivity contribution in [2.75, 3.05) is 13.7 Å². The largest absolute Gasteiger partial charge is 0.497 e. The maximum atomic E-state index is 11.8. The predicted molar refractivity (Wildman–Crippen MR) is 90.9 cm³/mol. The quantitative estimate of drug-likeness (QED) is 0.675. The van der Waals surface area contributed by atoms with Gasteiger partial charge in [-0.15, -0.1) is 0 Å². The van der Waals surface area contributed by atoms with Crippen LogP contribution in [0.25, 0.3) is 11.0 Å². The van der Waals surface area contributed by atoms with Crippen LogP contribution in [-0.2, 0) is 6.54 Å². The maximum Gasteiger partial charge on any atom is 0.336 e. The molecule has 0 aliphatic rings. The summed E-state index contributed by atoms with van der Waals surface area (Å²) in [5.41, 5.74) is 1.89. The number of aliphatic hydroxyl groups is 1. The van der Waals surface area contributed by atoms with Crippen LogP contribution in [0, 0.1) is 0 Å². The molecule has 24 heavy (non-hydrogen) atoms. The number of ether oxygens (including phenoxy) is 1. The van der Waals surface area contributed by atoms with Gasteiger partial charge < -0.3 is 19.6 Å². The number of hydrogen-bond acceptors (Lipinski definition) is 4. The molecule has 0 spiro atoms. The van der Waals surface area contributed by atoms with E-state index in [0.717, 1.165) is 16.5 Å². The number of hydrogen-bond donors (Lipinski definition) is 2. The van der Waals surface area contributed by atoms with Crippen LogP contribution in [0.5, 0.6) is 5.75 Å². The van der Waals surface area contributed by atoms with Gasteiger partial charge in [0.15, 0.2) is 0 Å². The number of fused-ring (bicyclic) bond motifs is 1. The number of benzene rings is 2. The lowest BCUT2D eigenvalue weighted by Gasteiger charge is -2.10. The SMILES string of the molecule is COc1ccc2c(C[NH2+]C[C@H](O)c3ccccc3)cc(=O)oc2c1. The first-order valence-corrected chi connectivity index (χ1v) is 7.83. The van der Waals surface area contributed by atoms with E-state index in [1.165, 1.54) is 6.07 Å². The van der Waals surface area contributed by atoms with Crippen LogP contribution in [-0.4, -0.2) is 18.8 Å². The average Bonchev–Trinajstić information content (AvgIpc) is 2.61. The second kappa shape index (κ2) is 7.29. The number of nitrogens with two attached hydrogens (primary N) is 1. The normalized spacial score (nSPS) is 12.2. The molecule has 124 valence electrons. The summed E-state index contributed by atoms with van der Waals surface area (Å²) in [6.45, 7) is 1.10. The molecular weight excluding hydrogens is 306 g/mol. The summed E-state index contributed by atoms with van der Waals surface area (Å²) in [6.07, 6.45) is -0.544. The summed E-state index contributed by atoms with van der Waals surface area (Å²) in [4.78, 5) is 11.8. The lowest BCUT2D eigenvalue weighted by atomic mass is 10.1. The van der Waals surface area contributed by atoms with Gasteiger partial charge in [-0.2, -0.15) is 0 Å². The fourth-order valence-electron chi connectivity index (χ4n) is 2.71. The van der Waals surface area contributed by atoms with Crippen LogP contribution in [0.4, 0.5) is 0 Å². The monoisotopic (exact) mass is 326 g/mol. The topological polar surface area (TPSA) is 76.3 Å². The molecule has 1 heterocycles. The van der Waals surface area contributed by atoms with Crippen molar-refractivity contribution < 1.29 is 19.6 Å². The molecule has 3 N–H and O–H groups in total. The van der Waals surface area contributed by atoms with E-state index in [2.05, 4.69) is 0 Å². The third-order valence-corrected chi connectivity index (χ3v) is 3.98. The highest BCUT2D eigenvalue weighted by Gasteiger charge is 2.11. The van der Waals surface area contributed by atoms with E-state index in [0.29, 0.717) is 24.4 Å². The molecule has 0 bridgehead atoms. The van der Waals surface area contributed by atoms with Gasteiger partial charge in [-0.1, -0.05) is 30.3 Å². The molecule has 0 amide bonds. The summed E-state index contributed by atoms with van der Waals surface area (Å²) in [5.74, 6) is 0.645. The van der Waals surface area contributed by atoms with Crippen LogP contribution in [0.15, 0.2) is 63.8 Å². The lowest BCUT2D eigenvalue weighted by molar-refractivity contribution is -0.677. The Morgan fingerprint density at radius 3 is 2.71 bits per heavy atom. The number of aliphatic hydroxyl groups excluding tert-OH is 1. The first kappa shape index (κ1) is 16.2. The second-order valence-electron chi connectivity index (χ2n) is 5.61. The fourth-order valence-corrected chi connectivity index (χ4v) is 2.71. The van der Waals surface area contributed by atoms with Crippen molar-refractivity contribution in [3.8, 4) is 5.75 Å². The van der Waals surface area contributed by atoms with E-state index in [4.69, 9.17) is 9.15 Å². The van der Waals surface area contributed by atoms with Gasteiger partial charge in [-0.3, -0.25) is 0 Å². The molecule has 0 fully saturated rings. The molecule has 5 nitrogen and oxygen atoms in total. The molecule has 0 radical (unpaired) electrons. The van der Waals surface area contributed by atoms with Gasteiger partial charge >= 0.3 is 5.63 Å². The third kappa shape index (κ3) is 3.64. The van der Waals surface area contributed by atoms with Gasteiger partial charge in [-0.25, -0.2) is 4.79 Å². The molecule has 1 aromatic heterocycles. The summed E-state index contributed by atoms with van der Waals surface area (Å²) in [5, 5.41) is 13.1. The Morgan fingerprint density at radius 1 is 1.17 bits per heavy atom. The van der Waals surface area contributed by atoms with Crippen molar-refractivity contribution in [3.05, 3.63) is 76.1 Å². The lowest BCUT2D eigenvalue weighted by Crippen LogP contribution is -2.83. The first-order valence-electron chi connectivity index (χ1n) is 7.83. The molecule has 3 rings (SSSR count). The van der Waals surface area contributed by atoms with Crippen LogP contribution >= 0.6 is 0 Å². The highest BCUT2D eigenvalue weighted by Crippen LogP contribution is 2.22. The van der Waals surface area contributed by atoms with Gasteiger partial charge in [0.2, 0.25) is 0 Å². The maximum absolute atomic E-state index is 11.8. The smallest absolute Gasteiger partial charge is 0.336 e. The van der Waals surface area contributed by atoms with E-state index in [-0.39, 0.29) is 5.63 Å². The highest BCUT2D eigenvalue weighted by atomic mass is 16.5. The molecule has 0 aliphatic heterocycles. The number of quaternary nitrogens is 1. The van der Waals surface area contributed by atoms with Crippen LogP contribution in [0.2, 0.25) is 0 Å². The Balaban J connectivity index is 1.74. The summed E-state index contributed by atoms with van der Waals surface area (Å²) in [6, 6.07) is 16.5. The van der Waals surface area contributed by atoms with Crippen molar-refractivity contribution >= 4 is 11.0 Å². The van der Waals surface area contributed by atoms with Gasteiger partial charge in [0.1, 0.15) is 30.5 Å². The second-order valence-corrected chi connectivity index (χ2v) is 5.61. The Kier molecular flexibility index (Phi) is 4.93. The minimum atomic E-state index is -0.544. The molecule has 0 aliphatic carbocycles. The predicted octanol–water partition coefficient (Wildman–Crippen LogP) is 1.60. The highest BCUT2D eigenvalue weighted by molar-refractivity contribution is 5.81. The molecule has 0 saturated heterocycles. The zero-order valence-electron chi connectivity index (χ0n) is 13.4. The van der Waals surface area contributed by atoms with Gasteiger partial charge in [0.25, 0.3) is 0 Å². The van der Waals surface area contributed by atoms with E-state index < -0.39 is 6.10 Å². The number of methoxy groups -OCH3 is 1. The molecule has 1 atom stereocenters. The first-order chi connectivity index (χ1) is 11.7. The van der Waals surface area contributed by atoms with E-state index in [1.807, 2.05) is 47.8 Å². The molecule has 0 unspecified atom stereocenters. The molecule has 0 saturated carbocycles. The average molecular weight is 326 g/mol. The van der Waals surface area contributed by atoms with Gasteiger partial charge in [0, 0.05) is 23.1 Å². The van der Waals surface area contributed by atoms with Crippen molar-refractivity contribution in [1.82, 2.24) is 0 Å². The van der Waals surface area contributed by atoms with Crippen molar-refractivity contribution in [1.29, 1.82) is 0 Å². The zero-order valence-corrected chi connectivity index (χ0v) is 13.4. The van der Waals surface area contributed by atoms with Gasteiger partial charge in [0.05, 0.1) is 7.11 Å². The molecule has 5 heteroatoms. The molecular formula is C19H20NO4+. The zero-order chi connectivity index (χ0) is 16.9. The minimum absolute atomic E-state index is 0.386. The Bertz CT molecular complexity index is 873. The summed E-state index contributed by atoms with van der Waals surface area (Å²) in [7, 11) is 1.57. The Morgan fingerprint density at radius 2 is 1.96 bits per heavy atom. The van der Waals surface area contributed by atoms with Crippen LogP contribution in [0.3, 0.4) is 0 Å². The Hall–Kier alpha value is -2.63. The standard InChI is InChI=1S/C19H19NO4/c1-23-15-7-8-16-14(9-19(22)24-18(16)10-15)11-20-12-17(21)13-5-3-2-4-6-13/h2-10,17,20-21H,11-12H2,1H3/p+1/t17-/m0/s1. The third-order valence-electron chi connectivity index (χ3n) is 3.98. The molecule has 2 aromatic carbocycles. The Labute approximate surface area is 139 Å². The fraction of sp³-hybridized carbons (Fsp3) is 0.211.